The molecular weight excluding hydrogens is 316 g/mol. The lowest BCUT2D eigenvalue weighted by atomic mass is 9.76. The Morgan fingerprint density at radius 3 is 2.20 bits per heavy atom. The van der Waals surface area contributed by atoms with Crippen LogP contribution in [-0.4, -0.2) is 21.9 Å². The Bertz CT molecular complexity index is 902. The van der Waals surface area contributed by atoms with Crippen molar-refractivity contribution in [2.75, 3.05) is 6.61 Å². The maximum Gasteiger partial charge on any atom is 0.126 e. The molecule has 2 atom stereocenters. The average molecular weight is 334 g/mol. The summed E-state index contributed by atoms with van der Waals surface area (Å²) in [6, 6.07) is 19.5. The average Bonchev–Trinajstić information content (AvgIpc) is 2.61. The van der Waals surface area contributed by atoms with Crippen LogP contribution in [0.2, 0.25) is 0 Å². The molecule has 4 rings (SSSR count). The molecule has 25 heavy (non-hydrogen) atoms. The van der Waals surface area contributed by atoms with E-state index in [1.807, 2.05) is 30.3 Å². The molecule has 2 unspecified atom stereocenters. The van der Waals surface area contributed by atoms with Gasteiger partial charge in [0.1, 0.15) is 23.0 Å². The zero-order valence-electron chi connectivity index (χ0n) is 13.5. The minimum atomic E-state index is -0.00764. The van der Waals surface area contributed by atoms with E-state index in [0.717, 1.165) is 16.7 Å². The van der Waals surface area contributed by atoms with Crippen molar-refractivity contribution in [1.82, 2.24) is 0 Å². The number of rotatable bonds is 2. The molecule has 0 radical (unpaired) electrons. The van der Waals surface area contributed by atoms with Crippen molar-refractivity contribution in [2.45, 2.75) is 11.8 Å². The number of benzene rings is 3. The van der Waals surface area contributed by atoms with Crippen LogP contribution in [0.4, 0.5) is 0 Å². The highest BCUT2D eigenvalue weighted by Crippen LogP contribution is 2.47. The van der Waals surface area contributed by atoms with Gasteiger partial charge in [0, 0.05) is 23.5 Å². The summed E-state index contributed by atoms with van der Waals surface area (Å²) in [6.07, 6.45) is 0. The third-order valence-corrected chi connectivity index (χ3v) is 4.70. The van der Waals surface area contributed by atoms with Crippen LogP contribution >= 0.6 is 0 Å². The van der Waals surface area contributed by atoms with E-state index in [9.17, 15) is 15.3 Å². The molecule has 0 fully saturated rings. The molecule has 3 aromatic rings. The highest BCUT2D eigenvalue weighted by atomic mass is 16.5. The molecule has 4 heteroatoms. The van der Waals surface area contributed by atoms with Crippen molar-refractivity contribution in [1.29, 1.82) is 0 Å². The van der Waals surface area contributed by atoms with E-state index in [0.29, 0.717) is 12.4 Å². The number of phenolic OH excluding ortho intramolecular Hbond substituents is 3. The zero-order valence-corrected chi connectivity index (χ0v) is 13.5. The van der Waals surface area contributed by atoms with Crippen molar-refractivity contribution in [2.24, 2.45) is 0 Å². The summed E-state index contributed by atoms with van der Waals surface area (Å²) in [5.74, 6) is 1.27. The first kappa shape index (κ1) is 15.4. The molecule has 4 nitrogen and oxygen atoms in total. The SMILES string of the molecule is Oc1ccc(C2c3ccc(O)cc3OCC2c2cccc(O)c2)cc1. The molecule has 3 aromatic carbocycles. The first-order valence-corrected chi connectivity index (χ1v) is 8.15. The standard InChI is InChI=1S/C21H18O4/c22-15-6-4-13(5-7-15)21-18-9-8-17(24)11-20(18)25-12-19(21)14-2-1-3-16(23)10-14/h1-11,19,21-24H,12H2. The molecule has 0 aromatic heterocycles. The summed E-state index contributed by atoms with van der Waals surface area (Å²) in [5, 5.41) is 29.2. The number of phenols is 3. The molecular formula is C21H18O4. The molecule has 0 saturated carbocycles. The van der Waals surface area contributed by atoms with Gasteiger partial charge >= 0.3 is 0 Å². The molecule has 0 aliphatic carbocycles. The number of ether oxygens (including phenoxy) is 1. The Morgan fingerprint density at radius 2 is 1.44 bits per heavy atom. The van der Waals surface area contributed by atoms with Gasteiger partial charge in [-0.25, -0.2) is 0 Å². The Labute approximate surface area is 145 Å². The lowest BCUT2D eigenvalue weighted by Gasteiger charge is -2.34. The van der Waals surface area contributed by atoms with Gasteiger partial charge in [-0.2, -0.15) is 0 Å². The molecule has 1 heterocycles. The van der Waals surface area contributed by atoms with Crippen LogP contribution in [0.25, 0.3) is 0 Å². The summed E-state index contributed by atoms with van der Waals surface area (Å²) in [4.78, 5) is 0. The Kier molecular flexibility index (Phi) is 3.73. The van der Waals surface area contributed by atoms with Crippen LogP contribution in [0.1, 0.15) is 28.5 Å². The van der Waals surface area contributed by atoms with E-state index in [1.54, 1.807) is 36.4 Å². The van der Waals surface area contributed by atoms with Crippen molar-refractivity contribution >= 4 is 0 Å². The summed E-state index contributed by atoms with van der Waals surface area (Å²) in [5.41, 5.74) is 3.00. The highest BCUT2D eigenvalue weighted by Gasteiger charge is 2.33. The number of hydrogen-bond acceptors (Lipinski definition) is 4. The fourth-order valence-electron chi connectivity index (χ4n) is 3.54. The third kappa shape index (κ3) is 2.87. The first-order chi connectivity index (χ1) is 12.1. The van der Waals surface area contributed by atoms with E-state index in [-0.39, 0.29) is 29.1 Å². The van der Waals surface area contributed by atoms with Crippen molar-refractivity contribution in [3.63, 3.8) is 0 Å². The fourth-order valence-corrected chi connectivity index (χ4v) is 3.54. The maximum atomic E-state index is 9.86. The third-order valence-electron chi connectivity index (χ3n) is 4.70. The van der Waals surface area contributed by atoms with E-state index >= 15 is 0 Å². The minimum absolute atomic E-state index is 0.00764. The van der Waals surface area contributed by atoms with E-state index in [2.05, 4.69) is 0 Å². The predicted molar refractivity (Wildman–Crippen MR) is 94.4 cm³/mol. The summed E-state index contributed by atoms with van der Waals surface area (Å²) >= 11 is 0. The van der Waals surface area contributed by atoms with Gasteiger partial charge in [-0.15, -0.1) is 0 Å². The number of hydrogen-bond donors (Lipinski definition) is 3. The summed E-state index contributed by atoms with van der Waals surface area (Å²) in [6.45, 7) is 0.436. The molecule has 0 amide bonds. The van der Waals surface area contributed by atoms with E-state index < -0.39 is 0 Å². The van der Waals surface area contributed by atoms with Crippen LogP contribution in [-0.2, 0) is 0 Å². The monoisotopic (exact) mass is 334 g/mol. The van der Waals surface area contributed by atoms with Crippen molar-refractivity contribution in [3.05, 3.63) is 83.4 Å². The molecule has 1 aliphatic heterocycles. The van der Waals surface area contributed by atoms with E-state index in [1.165, 1.54) is 0 Å². The minimum Gasteiger partial charge on any atom is -0.508 e. The normalized spacial score (nSPS) is 19.0. The molecule has 0 bridgehead atoms. The van der Waals surface area contributed by atoms with Crippen LogP contribution in [0, 0.1) is 0 Å². The van der Waals surface area contributed by atoms with Crippen LogP contribution in [0.5, 0.6) is 23.0 Å². The quantitative estimate of drug-likeness (QED) is 0.659. The first-order valence-electron chi connectivity index (χ1n) is 8.15. The Hall–Kier alpha value is -3.14. The van der Waals surface area contributed by atoms with Crippen molar-refractivity contribution < 1.29 is 20.1 Å². The molecule has 1 aliphatic rings. The van der Waals surface area contributed by atoms with Gasteiger partial charge < -0.3 is 20.1 Å². The van der Waals surface area contributed by atoms with Gasteiger partial charge in [0.25, 0.3) is 0 Å². The maximum absolute atomic E-state index is 9.86. The zero-order chi connectivity index (χ0) is 17.4. The Morgan fingerprint density at radius 1 is 0.720 bits per heavy atom. The van der Waals surface area contributed by atoms with Crippen LogP contribution < -0.4 is 4.74 Å². The summed E-state index contributed by atoms with van der Waals surface area (Å²) < 4.78 is 5.90. The smallest absolute Gasteiger partial charge is 0.126 e. The second-order valence-corrected chi connectivity index (χ2v) is 6.30. The van der Waals surface area contributed by atoms with Gasteiger partial charge in [0.15, 0.2) is 0 Å². The predicted octanol–water partition coefficient (Wildman–Crippen LogP) is 4.11. The Balaban J connectivity index is 1.86. The van der Waals surface area contributed by atoms with Crippen LogP contribution in [0.3, 0.4) is 0 Å². The van der Waals surface area contributed by atoms with Gasteiger partial charge in [-0.1, -0.05) is 30.3 Å². The summed E-state index contributed by atoms with van der Waals surface area (Å²) in [7, 11) is 0. The van der Waals surface area contributed by atoms with Gasteiger partial charge in [-0.3, -0.25) is 0 Å². The fraction of sp³-hybridized carbons (Fsp3) is 0.143. The molecule has 3 N–H and O–H groups in total. The van der Waals surface area contributed by atoms with E-state index in [4.69, 9.17) is 4.74 Å². The second-order valence-electron chi connectivity index (χ2n) is 6.30. The lowest BCUT2D eigenvalue weighted by molar-refractivity contribution is 0.247. The highest BCUT2D eigenvalue weighted by molar-refractivity contribution is 5.51. The van der Waals surface area contributed by atoms with Crippen molar-refractivity contribution in [3.8, 4) is 23.0 Å². The number of aromatic hydroxyl groups is 3. The lowest BCUT2D eigenvalue weighted by Crippen LogP contribution is -2.25. The molecule has 0 spiro atoms. The molecule has 0 saturated heterocycles. The number of fused-ring (bicyclic) bond motifs is 1. The second kappa shape index (κ2) is 6.06. The van der Waals surface area contributed by atoms with Crippen LogP contribution in [0.15, 0.2) is 66.7 Å². The van der Waals surface area contributed by atoms with Gasteiger partial charge in [0.05, 0.1) is 6.61 Å². The van der Waals surface area contributed by atoms with Gasteiger partial charge in [0.2, 0.25) is 0 Å². The van der Waals surface area contributed by atoms with Gasteiger partial charge in [-0.05, 0) is 41.5 Å². The largest absolute Gasteiger partial charge is 0.508 e. The topological polar surface area (TPSA) is 69.9 Å². The molecule has 126 valence electrons.